The molecule has 0 bridgehead atoms. The number of rotatable bonds is 7. The van der Waals surface area contributed by atoms with Crippen LogP contribution in [0.3, 0.4) is 0 Å². The fraction of sp³-hybridized carbons (Fsp3) is 0.727. The quantitative estimate of drug-likeness (QED) is 0.695. The number of nitrogens with zero attached hydrogens (tertiary/aromatic N) is 3. The van der Waals surface area contributed by atoms with Gasteiger partial charge in [-0.3, -0.25) is 9.48 Å². The van der Waals surface area contributed by atoms with Crippen molar-refractivity contribution in [1.29, 1.82) is 0 Å². The molecule has 1 atom stereocenters. The maximum atomic E-state index is 11.4. The Balaban J connectivity index is 2.12. The summed E-state index contributed by atoms with van der Waals surface area (Å²) in [6.45, 7) is 5.09. The van der Waals surface area contributed by atoms with E-state index in [0.717, 1.165) is 12.2 Å². The fourth-order valence-corrected chi connectivity index (χ4v) is 1.29. The molecule has 0 radical (unpaired) electrons. The number of nitrogens with one attached hydrogen (secondary N) is 2. The lowest BCUT2D eigenvalue weighted by Crippen LogP contribution is -2.38. The van der Waals surface area contributed by atoms with Crippen LogP contribution in [-0.2, 0) is 18.3 Å². The molecular formula is C11H21N5O. The van der Waals surface area contributed by atoms with E-state index in [1.165, 1.54) is 0 Å². The Morgan fingerprint density at radius 2 is 2.35 bits per heavy atom. The minimum atomic E-state index is 0.0150. The van der Waals surface area contributed by atoms with Gasteiger partial charge in [-0.1, -0.05) is 6.92 Å². The van der Waals surface area contributed by atoms with E-state index >= 15 is 0 Å². The maximum Gasteiger partial charge on any atom is 0.233 e. The third kappa shape index (κ3) is 5.44. The molecule has 1 unspecified atom stereocenters. The summed E-state index contributed by atoms with van der Waals surface area (Å²) in [6.07, 6.45) is 3.34. The molecule has 0 aliphatic heterocycles. The topological polar surface area (TPSA) is 71.8 Å². The van der Waals surface area contributed by atoms with Gasteiger partial charge in [-0.15, -0.1) is 0 Å². The molecule has 0 saturated heterocycles. The first kappa shape index (κ1) is 13.6. The Morgan fingerprint density at radius 1 is 1.59 bits per heavy atom. The van der Waals surface area contributed by atoms with E-state index < -0.39 is 0 Å². The van der Waals surface area contributed by atoms with Crippen molar-refractivity contribution >= 4 is 5.91 Å². The van der Waals surface area contributed by atoms with Gasteiger partial charge >= 0.3 is 0 Å². The van der Waals surface area contributed by atoms with Gasteiger partial charge in [0.15, 0.2) is 5.82 Å². The highest BCUT2D eigenvalue weighted by atomic mass is 16.1. The van der Waals surface area contributed by atoms with Gasteiger partial charge in [-0.05, 0) is 13.3 Å². The fourth-order valence-electron chi connectivity index (χ4n) is 1.29. The Bertz CT molecular complexity index is 349. The van der Waals surface area contributed by atoms with Gasteiger partial charge in [0.05, 0.1) is 6.54 Å². The van der Waals surface area contributed by atoms with E-state index in [2.05, 4.69) is 34.6 Å². The molecule has 6 nitrogen and oxygen atoms in total. The van der Waals surface area contributed by atoms with Crippen molar-refractivity contribution in [1.82, 2.24) is 25.4 Å². The smallest absolute Gasteiger partial charge is 0.233 e. The first-order chi connectivity index (χ1) is 8.11. The van der Waals surface area contributed by atoms with E-state index in [1.54, 1.807) is 11.0 Å². The third-order valence-electron chi connectivity index (χ3n) is 2.54. The average Bonchev–Trinajstić information content (AvgIpc) is 2.72. The molecule has 1 aromatic rings. The summed E-state index contributed by atoms with van der Waals surface area (Å²) in [4.78, 5) is 15.5. The van der Waals surface area contributed by atoms with Gasteiger partial charge in [-0.25, -0.2) is 4.98 Å². The lowest BCUT2D eigenvalue weighted by Gasteiger charge is -2.10. The van der Waals surface area contributed by atoms with Crippen LogP contribution in [0.4, 0.5) is 0 Å². The zero-order valence-corrected chi connectivity index (χ0v) is 10.7. The van der Waals surface area contributed by atoms with Crippen LogP contribution in [0.25, 0.3) is 0 Å². The van der Waals surface area contributed by atoms with Crippen LogP contribution >= 0.6 is 0 Å². The monoisotopic (exact) mass is 239 g/mol. The van der Waals surface area contributed by atoms with Crippen LogP contribution in [0.1, 0.15) is 26.1 Å². The molecule has 0 aliphatic carbocycles. The summed E-state index contributed by atoms with van der Waals surface area (Å²) in [5.74, 6) is 0.768. The van der Waals surface area contributed by atoms with E-state index in [0.29, 0.717) is 25.6 Å². The van der Waals surface area contributed by atoms with Crippen molar-refractivity contribution in [3.8, 4) is 0 Å². The lowest BCUT2D eigenvalue weighted by molar-refractivity contribution is -0.120. The highest BCUT2D eigenvalue weighted by molar-refractivity contribution is 5.77. The molecule has 1 rings (SSSR count). The van der Waals surface area contributed by atoms with Gasteiger partial charge in [0.2, 0.25) is 5.91 Å². The molecule has 0 aliphatic rings. The second kappa shape index (κ2) is 7.01. The Morgan fingerprint density at radius 3 is 2.94 bits per heavy atom. The van der Waals surface area contributed by atoms with Crippen LogP contribution in [-0.4, -0.2) is 39.8 Å². The highest BCUT2D eigenvalue weighted by Crippen LogP contribution is 1.88. The first-order valence-corrected chi connectivity index (χ1v) is 5.96. The molecule has 6 heteroatoms. The van der Waals surface area contributed by atoms with Gasteiger partial charge in [-0.2, -0.15) is 5.10 Å². The van der Waals surface area contributed by atoms with Crippen LogP contribution in [0.5, 0.6) is 0 Å². The van der Waals surface area contributed by atoms with Crippen molar-refractivity contribution in [3.63, 3.8) is 0 Å². The first-order valence-electron chi connectivity index (χ1n) is 5.96. The molecule has 17 heavy (non-hydrogen) atoms. The van der Waals surface area contributed by atoms with Gasteiger partial charge in [0, 0.05) is 26.1 Å². The minimum Gasteiger partial charge on any atom is -0.355 e. The van der Waals surface area contributed by atoms with Crippen LogP contribution in [0.2, 0.25) is 0 Å². The van der Waals surface area contributed by atoms with E-state index in [1.807, 2.05) is 7.05 Å². The SMILES string of the molecule is CCC(C)NCC(=O)NCCc1ncn(C)n1. The molecule has 2 N–H and O–H groups in total. The van der Waals surface area contributed by atoms with E-state index in [-0.39, 0.29) is 5.91 Å². The summed E-state index contributed by atoms with van der Waals surface area (Å²) in [6, 6.07) is 0.373. The predicted molar refractivity (Wildman–Crippen MR) is 65.5 cm³/mol. The van der Waals surface area contributed by atoms with E-state index in [9.17, 15) is 4.79 Å². The third-order valence-corrected chi connectivity index (χ3v) is 2.54. The summed E-state index contributed by atoms with van der Waals surface area (Å²) in [7, 11) is 1.82. The van der Waals surface area contributed by atoms with Crippen molar-refractivity contribution in [2.24, 2.45) is 7.05 Å². The average molecular weight is 239 g/mol. The molecule has 96 valence electrons. The minimum absolute atomic E-state index is 0.0150. The molecule has 0 aromatic carbocycles. The summed E-state index contributed by atoms with van der Waals surface area (Å²) in [5, 5.41) is 10.1. The van der Waals surface area contributed by atoms with Crippen LogP contribution in [0.15, 0.2) is 6.33 Å². The zero-order chi connectivity index (χ0) is 12.7. The largest absolute Gasteiger partial charge is 0.355 e. The van der Waals surface area contributed by atoms with Crippen LogP contribution in [0, 0.1) is 0 Å². The Hall–Kier alpha value is -1.43. The molecule has 0 fully saturated rings. The lowest BCUT2D eigenvalue weighted by atomic mass is 10.2. The number of carbonyl (C=O) groups is 1. The van der Waals surface area contributed by atoms with Gasteiger partial charge < -0.3 is 10.6 Å². The number of aromatic nitrogens is 3. The van der Waals surface area contributed by atoms with Crippen molar-refractivity contribution < 1.29 is 4.79 Å². The number of aryl methyl sites for hydroxylation is 1. The van der Waals surface area contributed by atoms with Crippen molar-refractivity contribution in [3.05, 3.63) is 12.2 Å². The Labute approximate surface area is 102 Å². The number of carbonyl (C=O) groups excluding carboxylic acids is 1. The standard InChI is InChI=1S/C11H21N5O/c1-4-9(2)13-7-11(17)12-6-5-10-14-8-16(3)15-10/h8-9,13H,4-7H2,1-3H3,(H,12,17). The summed E-state index contributed by atoms with van der Waals surface area (Å²) < 4.78 is 1.65. The number of hydrogen-bond donors (Lipinski definition) is 2. The van der Waals surface area contributed by atoms with Gasteiger partial charge in [0.1, 0.15) is 6.33 Å². The Kier molecular flexibility index (Phi) is 5.62. The molecule has 1 amide bonds. The second-order valence-electron chi connectivity index (χ2n) is 4.12. The molecule has 1 heterocycles. The van der Waals surface area contributed by atoms with Crippen LogP contribution < -0.4 is 10.6 Å². The predicted octanol–water partition coefficient (Wildman–Crippen LogP) is -0.138. The van der Waals surface area contributed by atoms with E-state index in [4.69, 9.17) is 0 Å². The molecule has 0 saturated carbocycles. The normalized spacial score (nSPS) is 12.4. The highest BCUT2D eigenvalue weighted by Gasteiger charge is 2.04. The number of amides is 1. The van der Waals surface area contributed by atoms with Crippen molar-refractivity contribution in [2.45, 2.75) is 32.7 Å². The molecule has 1 aromatic heterocycles. The van der Waals surface area contributed by atoms with Crippen molar-refractivity contribution in [2.75, 3.05) is 13.1 Å². The van der Waals surface area contributed by atoms with Gasteiger partial charge in [0.25, 0.3) is 0 Å². The zero-order valence-electron chi connectivity index (χ0n) is 10.7. The maximum absolute atomic E-state index is 11.4. The summed E-state index contributed by atoms with van der Waals surface area (Å²) >= 11 is 0. The summed E-state index contributed by atoms with van der Waals surface area (Å²) in [5.41, 5.74) is 0. The second-order valence-corrected chi connectivity index (χ2v) is 4.12. The molecule has 0 spiro atoms. The molecular weight excluding hydrogens is 218 g/mol. The number of hydrogen-bond acceptors (Lipinski definition) is 4.